The molecular formula is C22H39N3O2. The topological polar surface area (TPSA) is 52.7 Å². The first kappa shape index (κ1) is 20.6. The molecule has 1 saturated carbocycles. The number of piperidine rings is 2. The summed E-state index contributed by atoms with van der Waals surface area (Å²) in [4.78, 5) is 29.6. The molecule has 0 aromatic carbocycles. The van der Waals surface area contributed by atoms with Crippen LogP contribution >= 0.6 is 0 Å². The van der Waals surface area contributed by atoms with E-state index in [1.165, 1.54) is 64.5 Å². The van der Waals surface area contributed by atoms with Gasteiger partial charge in [0, 0.05) is 37.0 Å². The zero-order chi connectivity index (χ0) is 19.3. The van der Waals surface area contributed by atoms with E-state index in [1.807, 2.05) is 18.7 Å². The number of hydrogen-bond acceptors (Lipinski definition) is 3. The van der Waals surface area contributed by atoms with E-state index in [9.17, 15) is 9.59 Å². The van der Waals surface area contributed by atoms with Crippen LogP contribution < -0.4 is 5.32 Å². The quantitative estimate of drug-likeness (QED) is 0.800. The number of amides is 2. The van der Waals surface area contributed by atoms with Crippen LogP contribution in [0.2, 0.25) is 0 Å². The second-order valence-electron chi connectivity index (χ2n) is 9.30. The van der Waals surface area contributed by atoms with E-state index in [2.05, 4.69) is 10.2 Å². The van der Waals surface area contributed by atoms with Gasteiger partial charge in [-0.1, -0.05) is 39.5 Å². The summed E-state index contributed by atoms with van der Waals surface area (Å²) in [6.07, 6.45) is 12.0. The molecule has 0 atom stereocenters. The highest BCUT2D eigenvalue weighted by Gasteiger charge is 2.39. The van der Waals surface area contributed by atoms with Crippen LogP contribution in [-0.4, -0.2) is 59.9 Å². The Labute approximate surface area is 165 Å². The van der Waals surface area contributed by atoms with E-state index in [0.717, 1.165) is 32.5 Å². The zero-order valence-electron chi connectivity index (χ0n) is 17.5. The summed E-state index contributed by atoms with van der Waals surface area (Å²) in [6.45, 7) is 8.57. The average Bonchev–Trinajstić information content (AvgIpc) is 2.73. The molecule has 3 aliphatic rings. The van der Waals surface area contributed by atoms with E-state index >= 15 is 0 Å². The van der Waals surface area contributed by atoms with Gasteiger partial charge in [0.05, 0.1) is 0 Å². The number of hydrogen-bond donors (Lipinski definition) is 1. The van der Waals surface area contributed by atoms with Crippen molar-refractivity contribution in [3.63, 3.8) is 0 Å². The van der Waals surface area contributed by atoms with Crippen LogP contribution in [0.5, 0.6) is 0 Å². The first-order chi connectivity index (χ1) is 13.0. The van der Waals surface area contributed by atoms with Gasteiger partial charge in [0.15, 0.2) is 0 Å². The van der Waals surface area contributed by atoms with Gasteiger partial charge in [0.2, 0.25) is 11.8 Å². The maximum absolute atomic E-state index is 12.8. The van der Waals surface area contributed by atoms with Crippen molar-refractivity contribution in [2.45, 2.75) is 83.6 Å². The first-order valence-electron chi connectivity index (χ1n) is 11.3. The van der Waals surface area contributed by atoms with E-state index in [4.69, 9.17) is 0 Å². The minimum Gasteiger partial charge on any atom is -0.354 e. The fraction of sp³-hybridized carbons (Fsp3) is 0.909. The van der Waals surface area contributed by atoms with Gasteiger partial charge in [-0.15, -0.1) is 0 Å². The van der Waals surface area contributed by atoms with Crippen molar-refractivity contribution < 1.29 is 9.59 Å². The van der Waals surface area contributed by atoms with Crippen LogP contribution in [0.1, 0.15) is 78.1 Å². The van der Waals surface area contributed by atoms with E-state index < -0.39 is 0 Å². The molecule has 27 heavy (non-hydrogen) atoms. The Morgan fingerprint density at radius 3 is 2.11 bits per heavy atom. The van der Waals surface area contributed by atoms with Crippen molar-refractivity contribution in [3.8, 4) is 0 Å². The minimum atomic E-state index is 0.0473. The van der Waals surface area contributed by atoms with Crippen molar-refractivity contribution in [1.29, 1.82) is 0 Å². The number of likely N-dealkylation sites (tertiary alicyclic amines) is 2. The zero-order valence-corrected chi connectivity index (χ0v) is 17.5. The number of carbonyl (C=O) groups is 2. The predicted molar refractivity (Wildman–Crippen MR) is 108 cm³/mol. The molecule has 3 fully saturated rings. The average molecular weight is 378 g/mol. The molecule has 0 aromatic heterocycles. The normalized spacial score (nSPS) is 24.8. The van der Waals surface area contributed by atoms with E-state index in [1.54, 1.807) is 0 Å². The smallest absolute Gasteiger partial charge is 0.225 e. The largest absolute Gasteiger partial charge is 0.354 e. The molecule has 0 radical (unpaired) electrons. The molecule has 0 aromatic rings. The molecule has 5 nitrogen and oxygen atoms in total. The lowest BCUT2D eigenvalue weighted by molar-refractivity contribution is -0.138. The van der Waals surface area contributed by atoms with Gasteiger partial charge in [-0.05, 0) is 51.6 Å². The molecule has 2 aliphatic heterocycles. The lowest BCUT2D eigenvalue weighted by Crippen LogP contribution is -2.58. The van der Waals surface area contributed by atoms with Crippen molar-refractivity contribution in [3.05, 3.63) is 0 Å². The van der Waals surface area contributed by atoms with Gasteiger partial charge >= 0.3 is 0 Å². The summed E-state index contributed by atoms with van der Waals surface area (Å²) in [5.41, 5.74) is 0.197. The van der Waals surface area contributed by atoms with Crippen LogP contribution in [0.15, 0.2) is 0 Å². The van der Waals surface area contributed by atoms with Gasteiger partial charge < -0.3 is 10.2 Å². The third-order valence-electron chi connectivity index (χ3n) is 7.07. The highest BCUT2D eigenvalue weighted by atomic mass is 16.2. The number of carbonyl (C=O) groups excluding carboxylic acids is 2. The Bertz CT molecular complexity index is 500. The summed E-state index contributed by atoms with van der Waals surface area (Å²) in [7, 11) is 0. The molecule has 2 amide bonds. The molecule has 0 unspecified atom stereocenters. The summed E-state index contributed by atoms with van der Waals surface area (Å²) in [5, 5.41) is 3.34. The lowest BCUT2D eigenvalue weighted by Gasteiger charge is -2.48. The van der Waals surface area contributed by atoms with E-state index in [0.29, 0.717) is 0 Å². The van der Waals surface area contributed by atoms with Crippen molar-refractivity contribution in [1.82, 2.24) is 15.1 Å². The first-order valence-corrected chi connectivity index (χ1v) is 11.3. The van der Waals surface area contributed by atoms with Gasteiger partial charge in [0.25, 0.3) is 0 Å². The Balaban J connectivity index is 1.51. The molecule has 2 heterocycles. The van der Waals surface area contributed by atoms with Gasteiger partial charge in [-0.2, -0.15) is 0 Å². The second-order valence-corrected chi connectivity index (χ2v) is 9.30. The maximum atomic E-state index is 12.8. The van der Waals surface area contributed by atoms with Gasteiger partial charge in [-0.3, -0.25) is 14.5 Å². The third kappa shape index (κ3) is 5.04. The Hall–Kier alpha value is -1.10. The third-order valence-corrected chi connectivity index (χ3v) is 7.07. The molecular weight excluding hydrogens is 338 g/mol. The molecule has 0 bridgehead atoms. The number of nitrogens with one attached hydrogen (secondary N) is 1. The molecule has 3 rings (SSSR count). The standard InChI is InChI=1S/C22H39N3O2/c1-18(2)21(27)24-15-9-19(10-16-24)20(26)23-17-22(11-5-3-6-12-22)25-13-7-4-8-14-25/h18-19H,3-17H2,1-2H3,(H,23,26). The Kier molecular flexibility index (Phi) is 7.18. The summed E-state index contributed by atoms with van der Waals surface area (Å²) >= 11 is 0. The number of nitrogens with zero attached hydrogens (tertiary/aromatic N) is 2. The molecule has 154 valence electrons. The Morgan fingerprint density at radius 1 is 0.926 bits per heavy atom. The summed E-state index contributed by atoms with van der Waals surface area (Å²) < 4.78 is 0. The molecule has 5 heteroatoms. The van der Waals surface area contributed by atoms with Gasteiger partial charge in [-0.25, -0.2) is 0 Å². The predicted octanol–water partition coefficient (Wildman–Crippen LogP) is 3.19. The Morgan fingerprint density at radius 2 is 1.52 bits per heavy atom. The fourth-order valence-electron chi connectivity index (χ4n) is 5.31. The fourth-order valence-corrected chi connectivity index (χ4v) is 5.31. The number of rotatable bonds is 5. The minimum absolute atomic E-state index is 0.0473. The van der Waals surface area contributed by atoms with Gasteiger partial charge in [0.1, 0.15) is 0 Å². The van der Waals surface area contributed by atoms with Crippen LogP contribution in [0, 0.1) is 11.8 Å². The van der Waals surface area contributed by atoms with Crippen LogP contribution in [0.25, 0.3) is 0 Å². The lowest BCUT2D eigenvalue weighted by atomic mass is 9.79. The molecule has 2 saturated heterocycles. The molecule has 1 aliphatic carbocycles. The highest BCUT2D eigenvalue weighted by molar-refractivity contribution is 5.80. The van der Waals surface area contributed by atoms with Crippen LogP contribution in [-0.2, 0) is 9.59 Å². The van der Waals surface area contributed by atoms with Crippen molar-refractivity contribution in [2.75, 3.05) is 32.7 Å². The van der Waals surface area contributed by atoms with Crippen LogP contribution in [0.4, 0.5) is 0 Å². The van der Waals surface area contributed by atoms with Crippen LogP contribution in [0.3, 0.4) is 0 Å². The second kappa shape index (κ2) is 9.40. The maximum Gasteiger partial charge on any atom is 0.225 e. The van der Waals surface area contributed by atoms with E-state index in [-0.39, 0.29) is 29.2 Å². The van der Waals surface area contributed by atoms with Crippen molar-refractivity contribution in [2.24, 2.45) is 11.8 Å². The summed E-state index contributed by atoms with van der Waals surface area (Å²) in [6, 6.07) is 0. The highest BCUT2D eigenvalue weighted by Crippen LogP contribution is 2.35. The molecule has 1 N–H and O–H groups in total. The van der Waals surface area contributed by atoms with Crippen molar-refractivity contribution >= 4 is 11.8 Å². The summed E-state index contributed by atoms with van der Waals surface area (Å²) in [5.74, 6) is 0.558. The SMILES string of the molecule is CC(C)C(=O)N1CCC(C(=O)NCC2(N3CCCCC3)CCCCC2)CC1. The monoisotopic (exact) mass is 377 g/mol. The molecule has 0 spiro atoms.